The molecule has 0 bridgehead atoms. The Bertz CT molecular complexity index is 75.8. The summed E-state index contributed by atoms with van der Waals surface area (Å²) in [5.41, 5.74) is 0. The van der Waals surface area contributed by atoms with Crippen LogP contribution in [0.1, 0.15) is 0 Å². The van der Waals surface area contributed by atoms with E-state index in [-0.39, 0.29) is 0 Å². The predicted octanol–water partition coefficient (Wildman–Crippen LogP) is -0.307. The summed E-state index contributed by atoms with van der Waals surface area (Å²) >= 11 is 1.32. The van der Waals surface area contributed by atoms with Crippen molar-refractivity contribution in [3.05, 3.63) is 0 Å². The van der Waals surface area contributed by atoms with Gasteiger partial charge in [-0.25, -0.2) is 0 Å². The van der Waals surface area contributed by atoms with Crippen LogP contribution in [0.4, 0.5) is 0 Å². The van der Waals surface area contributed by atoms with Gasteiger partial charge in [0.2, 0.25) is 0 Å². The molecule has 0 unspecified atom stereocenters. The summed E-state index contributed by atoms with van der Waals surface area (Å²) in [6.45, 7) is 0. The highest BCUT2D eigenvalue weighted by atomic mass is 127. The van der Waals surface area contributed by atoms with E-state index in [0.717, 1.165) is 0 Å². The van der Waals surface area contributed by atoms with Crippen LogP contribution in [0.15, 0.2) is 0 Å². The van der Waals surface area contributed by atoms with E-state index in [2.05, 4.69) is 6.42 Å². The van der Waals surface area contributed by atoms with E-state index in [4.69, 9.17) is 10.2 Å². The van der Waals surface area contributed by atoms with Crippen molar-refractivity contribution < 1.29 is 10.2 Å². The molecule has 34 valence electrons. The molecule has 0 radical (unpaired) electrons. The second-order valence-corrected chi connectivity index (χ2v) is 2.24. The summed E-state index contributed by atoms with van der Waals surface area (Å²) in [5, 5.41) is 16.3. The van der Waals surface area contributed by atoms with Crippen molar-refractivity contribution in [2.24, 2.45) is 0 Å². The molecule has 0 aliphatic heterocycles. The van der Waals surface area contributed by atoms with E-state index in [1.165, 1.54) is 22.6 Å². The zero-order chi connectivity index (χ0) is 5.21. The van der Waals surface area contributed by atoms with Gasteiger partial charge in [-0.1, -0.05) is 0 Å². The molecule has 0 rings (SSSR count). The minimum Gasteiger partial charge on any atom is -0.348 e. The number of alkyl halides is 1. The Hall–Kier alpha value is 0.210. The van der Waals surface area contributed by atoms with E-state index in [1.807, 2.05) is 0 Å². The Morgan fingerprint density at radius 3 is 1.83 bits per heavy atom. The van der Waals surface area contributed by atoms with Gasteiger partial charge in [-0.05, 0) is 5.92 Å². The Labute approximate surface area is 49.3 Å². The van der Waals surface area contributed by atoms with Crippen LogP contribution in [0.3, 0.4) is 0 Å². The SMILES string of the molecule is C#CC(O)(O)I. The summed E-state index contributed by atoms with van der Waals surface area (Å²) in [6, 6.07) is 0. The van der Waals surface area contributed by atoms with Gasteiger partial charge in [-0.15, -0.1) is 6.42 Å². The molecule has 3 heteroatoms. The number of rotatable bonds is 0. The molecular weight excluding hydrogens is 195 g/mol. The number of halogens is 1. The highest BCUT2D eigenvalue weighted by Crippen LogP contribution is 2.05. The van der Waals surface area contributed by atoms with Crippen LogP contribution < -0.4 is 0 Å². The first kappa shape index (κ1) is 6.21. The van der Waals surface area contributed by atoms with Gasteiger partial charge in [0.25, 0.3) is 3.79 Å². The van der Waals surface area contributed by atoms with Gasteiger partial charge in [-0.2, -0.15) is 0 Å². The van der Waals surface area contributed by atoms with Crippen LogP contribution in [-0.4, -0.2) is 14.0 Å². The molecule has 6 heavy (non-hydrogen) atoms. The summed E-state index contributed by atoms with van der Waals surface area (Å²) in [6.07, 6.45) is 4.55. The predicted molar refractivity (Wildman–Crippen MR) is 30.0 cm³/mol. The maximum Gasteiger partial charge on any atom is 0.282 e. The molecule has 0 aromatic heterocycles. The van der Waals surface area contributed by atoms with Gasteiger partial charge in [0.1, 0.15) is 0 Å². The molecule has 0 aliphatic rings. The average molecular weight is 198 g/mol. The van der Waals surface area contributed by atoms with Gasteiger partial charge < -0.3 is 10.2 Å². The molecule has 0 aliphatic carbocycles. The van der Waals surface area contributed by atoms with Crippen LogP contribution in [0, 0.1) is 12.3 Å². The second kappa shape index (κ2) is 1.78. The Morgan fingerprint density at radius 2 is 1.83 bits per heavy atom. The van der Waals surface area contributed by atoms with E-state index in [9.17, 15) is 0 Å². The van der Waals surface area contributed by atoms with Crippen molar-refractivity contribution in [3.8, 4) is 12.3 Å². The number of aliphatic hydroxyl groups is 2. The van der Waals surface area contributed by atoms with Crippen molar-refractivity contribution in [1.82, 2.24) is 0 Å². The van der Waals surface area contributed by atoms with E-state index in [0.29, 0.717) is 0 Å². The quantitative estimate of drug-likeness (QED) is 0.242. The van der Waals surface area contributed by atoms with Crippen molar-refractivity contribution in [3.63, 3.8) is 0 Å². The largest absolute Gasteiger partial charge is 0.348 e. The summed E-state index contributed by atoms with van der Waals surface area (Å²) in [7, 11) is 0. The van der Waals surface area contributed by atoms with Crippen LogP contribution in [0.25, 0.3) is 0 Å². The maximum absolute atomic E-state index is 8.13. The Morgan fingerprint density at radius 1 is 1.67 bits per heavy atom. The Balaban J connectivity index is 3.55. The van der Waals surface area contributed by atoms with Crippen molar-refractivity contribution in [2.75, 3.05) is 0 Å². The first-order valence-electron chi connectivity index (χ1n) is 1.17. The van der Waals surface area contributed by atoms with Gasteiger partial charge in [-0.3, -0.25) is 0 Å². The third-order valence-corrected chi connectivity index (χ3v) is 0.495. The normalized spacial score (nSPS) is 10.3. The molecule has 0 atom stereocenters. The van der Waals surface area contributed by atoms with E-state index in [1.54, 1.807) is 5.92 Å². The molecule has 0 heterocycles. The van der Waals surface area contributed by atoms with Crippen LogP contribution in [-0.2, 0) is 0 Å². The third kappa shape index (κ3) is 4.21. The molecule has 0 spiro atoms. The van der Waals surface area contributed by atoms with E-state index < -0.39 is 3.79 Å². The number of hydrogen-bond donors (Lipinski definition) is 2. The van der Waals surface area contributed by atoms with Crippen molar-refractivity contribution >= 4 is 22.6 Å². The van der Waals surface area contributed by atoms with Crippen molar-refractivity contribution in [1.29, 1.82) is 0 Å². The minimum atomic E-state index is -1.96. The van der Waals surface area contributed by atoms with Gasteiger partial charge in [0.15, 0.2) is 0 Å². The molecule has 0 aromatic carbocycles. The van der Waals surface area contributed by atoms with Gasteiger partial charge >= 0.3 is 0 Å². The fraction of sp³-hybridized carbons (Fsp3) is 0.333. The molecule has 0 saturated carbocycles. The molecule has 0 saturated heterocycles. The average Bonchev–Trinajstić information content (AvgIpc) is 1.35. The first-order valence-corrected chi connectivity index (χ1v) is 2.25. The first-order chi connectivity index (χ1) is 2.56. The highest BCUT2D eigenvalue weighted by Gasteiger charge is 2.09. The lowest BCUT2D eigenvalue weighted by molar-refractivity contribution is -0.00667. The lowest BCUT2D eigenvalue weighted by Crippen LogP contribution is -2.13. The molecule has 2 N–H and O–H groups in total. The van der Waals surface area contributed by atoms with Gasteiger partial charge in [0, 0.05) is 22.6 Å². The number of terminal acetylenes is 1. The van der Waals surface area contributed by atoms with Crippen LogP contribution >= 0.6 is 22.6 Å². The lowest BCUT2D eigenvalue weighted by Gasteiger charge is -1.99. The fourth-order valence-corrected chi connectivity index (χ4v) is 0. The lowest BCUT2D eigenvalue weighted by atomic mass is 10.7. The van der Waals surface area contributed by atoms with Crippen LogP contribution in [0.2, 0.25) is 0 Å². The molecule has 0 amide bonds. The summed E-state index contributed by atoms with van der Waals surface area (Å²) in [4.78, 5) is 0. The highest BCUT2D eigenvalue weighted by molar-refractivity contribution is 14.1. The number of hydrogen-bond acceptors (Lipinski definition) is 2. The molecule has 0 fully saturated rings. The summed E-state index contributed by atoms with van der Waals surface area (Å²) < 4.78 is -1.96. The molecular formula is C3H3IO2. The fourth-order valence-electron chi connectivity index (χ4n) is 0. The minimum absolute atomic E-state index is 1.32. The molecule has 2 nitrogen and oxygen atoms in total. The second-order valence-electron chi connectivity index (χ2n) is 0.731. The molecule has 0 aromatic rings. The zero-order valence-electron chi connectivity index (χ0n) is 2.85. The topological polar surface area (TPSA) is 40.5 Å². The third-order valence-electron chi connectivity index (χ3n) is 0.184. The van der Waals surface area contributed by atoms with Crippen molar-refractivity contribution in [2.45, 2.75) is 3.79 Å². The van der Waals surface area contributed by atoms with E-state index >= 15 is 0 Å². The monoisotopic (exact) mass is 198 g/mol. The van der Waals surface area contributed by atoms with Gasteiger partial charge in [0.05, 0.1) is 0 Å². The maximum atomic E-state index is 8.13. The zero-order valence-corrected chi connectivity index (χ0v) is 5.01. The standard InChI is InChI=1S/C3H3IO2/c1-2-3(4,5)6/h1,5-6H. The smallest absolute Gasteiger partial charge is 0.282 e. The summed E-state index contributed by atoms with van der Waals surface area (Å²) in [5.74, 6) is 1.70. The van der Waals surface area contributed by atoms with Crippen LogP contribution in [0.5, 0.6) is 0 Å². The Kier molecular flexibility index (Phi) is 1.84.